The van der Waals surface area contributed by atoms with E-state index in [0.29, 0.717) is 5.69 Å². The van der Waals surface area contributed by atoms with Crippen LogP contribution in [0.4, 0.5) is 5.69 Å². The van der Waals surface area contributed by atoms with E-state index in [4.69, 9.17) is 5.14 Å². The standard InChI is InChI=1S/C17H17N3O4S/c1-11-2-4-12(5-3-11)16-10-15(17(21)22)19-20(16)13-6-8-14(9-7-13)25(18,23)24/h2-9,16H,10H2,1H3,(H,21,22)(H2,18,23,24). The molecule has 1 unspecified atom stereocenters. The SMILES string of the molecule is Cc1ccc(C2CC(C(=O)O)=NN2c2ccc(S(N)(=O)=O)cc2)cc1. The van der Waals surface area contributed by atoms with Crippen molar-refractivity contribution >= 4 is 27.4 Å². The number of carboxylic acids is 1. The van der Waals surface area contributed by atoms with Crippen LogP contribution >= 0.6 is 0 Å². The second kappa shape index (κ2) is 6.30. The number of aryl methyl sites for hydroxylation is 1. The predicted octanol–water partition coefficient (Wildman–Crippen LogP) is 2.03. The molecule has 1 heterocycles. The van der Waals surface area contributed by atoms with Gasteiger partial charge in [0.1, 0.15) is 5.71 Å². The molecule has 1 aliphatic heterocycles. The van der Waals surface area contributed by atoms with Crippen molar-refractivity contribution in [3.05, 3.63) is 59.7 Å². The minimum Gasteiger partial charge on any atom is -0.477 e. The average molecular weight is 359 g/mol. The summed E-state index contributed by atoms with van der Waals surface area (Å²) in [5.74, 6) is -1.07. The first-order valence-electron chi connectivity index (χ1n) is 7.55. The number of aliphatic carboxylic acids is 1. The van der Waals surface area contributed by atoms with Crippen molar-refractivity contribution in [1.29, 1.82) is 0 Å². The molecule has 0 saturated carbocycles. The average Bonchev–Trinajstić information content (AvgIpc) is 3.00. The van der Waals surface area contributed by atoms with Crippen molar-refractivity contribution in [3.8, 4) is 0 Å². The Morgan fingerprint density at radius 3 is 2.28 bits per heavy atom. The summed E-state index contributed by atoms with van der Waals surface area (Å²) in [6.07, 6.45) is 0.259. The summed E-state index contributed by atoms with van der Waals surface area (Å²) < 4.78 is 22.8. The Bertz CT molecular complexity index is 935. The van der Waals surface area contributed by atoms with Gasteiger partial charge in [0, 0.05) is 6.42 Å². The maximum Gasteiger partial charge on any atom is 0.352 e. The molecular formula is C17H17N3O4S. The van der Waals surface area contributed by atoms with Gasteiger partial charge in [-0.05, 0) is 36.8 Å². The van der Waals surface area contributed by atoms with E-state index in [0.717, 1.165) is 11.1 Å². The van der Waals surface area contributed by atoms with Crippen LogP contribution in [0.5, 0.6) is 0 Å². The van der Waals surface area contributed by atoms with E-state index in [2.05, 4.69) is 5.10 Å². The summed E-state index contributed by atoms with van der Waals surface area (Å²) >= 11 is 0. The van der Waals surface area contributed by atoms with Crippen LogP contribution in [0, 0.1) is 6.92 Å². The molecule has 0 amide bonds. The molecule has 0 fully saturated rings. The van der Waals surface area contributed by atoms with Crippen molar-refractivity contribution in [2.75, 3.05) is 5.01 Å². The molecule has 1 aliphatic rings. The maximum atomic E-state index is 11.4. The predicted molar refractivity (Wildman–Crippen MR) is 93.9 cm³/mol. The summed E-state index contributed by atoms with van der Waals surface area (Å²) in [5, 5.41) is 20.2. The van der Waals surface area contributed by atoms with Crippen LogP contribution in [0.25, 0.3) is 0 Å². The van der Waals surface area contributed by atoms with Crippen molar-refractivity contribution in [3.63, 3.8) is 0 Å². The fraction of sp³-hybridized carbons (Fsp3) is 0.176. The normalized spacial score (nSPS) is 17.4. The number of nitrogens with two attached hydrogens (primary N) is 1. The number of benzene rings is 2. The minimum atomic E-state index is -3.79. The number of sulfonamides is 1. The molecule has 2 aromatic rings. The molecular weight excluding hydrogens is 342 g/mol. The Balaban J connectivity index is 1.99. The number of rotatable bonds is 4. The van der Waals surface area contributed by atoms with Gasteiger partial charge >= 0.3 is 5.97 Å². The molecule has 0 saturated heterocycles. The minimum absolute atomic E-state index is 0.00947. The number of anilines is 1. The van der Waals surface area contributed by atoms with Crippen LogP contribution in [0.3, 0.4) is 0 Å². The number of hydrazone groups is 1. The molecule has 8 heteroatoms. The van der Waals surface area contributed by atoms with Crippen LogP contribution in [-0.4, -0.2) is 25.2 Å². The molecule has 1 atom stereocenters. The highest BCUT2D eigenvalue weighted by Gasteiger charge is 2.32. The van der Waals surface area contributed by atoms with E-state index in [1.54, 1.807) is 17.1 Å². The first-order valence-corrected chi connectivity index (χ1v) is 9.10. The Labute approximate surface area is 145 Å². The smallest absolute Gasteiger partial charge is 0.352 e. The highest BCUT2D eigenvalue weighted by Crippen LogP contribution is 2.35. The number of carbonyl (C=O) groups is 1. The zero-order chi connectivity index (χ0) is 18.2. The van der Waals surface area contributed by atoms with Crippen molar-refractivity contribution in [2.24, 2.45) is 10.2 Å². The number of nitrogens with zero attached hydrogens (tertiary/aromatic N) is 2. The van der Waals surface area contributed by atoms with Crippen LogP contribution in [0.1, 0.15) is 23.6 Å². The third-order valence-electron chi connectivity index (χ3n) is 4.05. The quantitative estimate of drug-likeness (QED) is 0.867. The highest BCUT2D eigenvalue weighted by atomic mass is 32.2. The summed E-state index contributed by atoms with van der Waals surface area (Å²) in [6.45, 7) is 1.97. The summed E-state index contributed by atoms with van der Waals surface area (Å²) in [4.78, 5) is 11.3. The fourth-order valence-corrected chi connectivity index (χ4v) is 3.23. The first kappa shape index (κ1) is 17.1. The lowest BCUT2D eigenvalue weighted by molar-refractivity contribution is -0.129. The van der Waals surface area contributed by atoms with Gasteiger partial charge in [-0.25, -0.2) is 18.4 Å². The molecule has 0 aliphatic carbocycles. The molecule has 0 aromatic heterocycles. The van der Waals surface area contributed by atoms with Crippen molar-refractivity contribution < 1.29 is 18.3 Å². The third kappa shape index (κ3) is 3.54. The summed E-state index contributed by atoms with van der Waals surface area (Å²) in [6, 6.07) is 13.4. The Hall–Kier alpha value is -2.71. The van der Waals surface area contributed by atoms with Gasteiger partial charge in [-0.3, -0.25) is 5.01 Å². The van der Waals surface area contributed by atoms with Gasteiger partial charge in [-0.15, -0.1) is 0 Å². The van der Waals surface area contributed by atoms with Gasteiger partial charge < -0.3 is 5.11 Å². The summed E-state index contributed by atoms with van der Waals surface area (Å²) in [7, 11) is -3.79. The lowest BCUT2D eigenvalue weighted by Gasteiger charge is -2.24. The zero-order valence-corrected chi connectivity index (χ0v) is 14.3. The van der Waals surface area contributed by atoms with Crippen molar-refractivity contribution in [1.82, 2.24) is 0 Å². The van der Waals surface area contributed by atoms with Crippen LogP contribution in [-0.2, 0) is 14.8 Å². The zero-order valence-electron chi connectivity index (χ0n) is 13.5. The van der Waals surface area contributed by atoms with Crippen molar-refractivity contribution in [2.45, 2.75) is 24.3 Å². The number of hydrogen-bond donors (Lipinski definition) is 2. The molecule has 25 heavy (non-hydrogen) atoms. The molecule has 0 radical (unpaired) electrons. The molecule has 0 bridgehead atoms. The largest absolute Gasteiger partial charge is 0.477 e. The topological polar surface area (TPSA) is 113 Å². The van der Waals surface area contributed by atoms with Gasteiger partial charge in [0.05, 0.1) is 16.6 Å². The lowest BCUT2D eigenvalue weighted by atomic mass is 10.0. The first-order chi connectivity index (χ1) is 11.8. The van der Waals surface area contributed by atoms with Gasteiger partial charge in [0.15, 0.2) is 0 Å². The van der Waals surface area contributed by atoms with Crippen LogP contribution in [0.2, 0.25) is 0 Å². The molecule has 0 spiro atoms. The molecule has 3 N–H and O–H groups in total. The van der Waals surface area contributed by atoms with E-state index in [9.17, 15) is 18.3 Å². The van der Waals surface area contributed by atoms with Crippen LogP contribution in [0.15, 0.2) is 58.5 Å². The second-order valence-electron chi connectivity index (χ2n) is 5.87. The monoisotopic (exact) mass is 359 g/mol. The van der Waals surface area contributed by atoms with E-state index >= 15 is 0 Å². The van der Waals surface area contributed by atoms with E-state index < -0.39 is 16.0 Å². The Kier molecular flexibility index (Phi) is 4.32. The van der Waals surface area contributed by atoms with Gasteiger partial charge in [-0.1, -0.05) is 29.8 Å². The van der Waals surface area contributed by atoms with E-state index in [1.165, 1.54) is 12.1 Å². The Morgan fingerprint density at radius 1 is 1.16 bits per heavy atom. The number of primary sulfonamides is 1. The third-order valence-corrected chi connectivity index (χ3v) is 4.98. The number of hydrogen-bond acceptors (Lipinski definition) is 5. The maximum absolute atomic E-state index is 11.4. The Morgan fingerprint density at radius 2 is 1.76 bits per heavy atom. The second-order valence-corrected chi connectivity index (χ2v) is 7.43. The van der Waals surface area contributed by atoms with Gasteiger partial charge in [0.2, 0.25) is 10.0 Å². The van der Waals surface area contributed by atoms with E-state index in [1.807, 2.05) is 31.2 Å². The molecule has 3 rings (SSSR count). The fourth-order valence-electron chi connectivity index (χ4n) is 2.71. The molecule has 130 valence electrons. The number of carboxylic acid groups (broad SMARTS) is 1. The molecule has 2 aromatic carbocycles. The van der Waals surface area contributed by atoms with Gasteiger partial charge in [-0.2, -0.15) is 5.10 Å². The van der Waals surface area contributed by atoms with E-state index in [-0.39, 0.29) is 23.1 Å². The van der Waals surface area contributed by atoms with Gasteiger partial charge in [0.25, 0.3) is 0 Å². The van der Waals surface area contributed by atoms with Crippen LogP contribution < -0.4 is 10.1 Å². The molecule has 7 nitrogen and oxygen atoms in total. The lowest BCUT2D eigenvalue weighted by Crippen LogP contribution is -2.19. The highest BCUT2D eigenvalue weighted by molar-refractivity contribution is 7.89. The summed E-state index contributed by atoms with van der Waals surface area (Å²) in [5.41, 5.74) is 2.68.